The van der Waals surface area contributed by atoms with Gasteiger partial charge in [0.2, 0.25) is 0 Å². The van der Waals surface area contributed by atoms with Crippen molar-refractivity contribution in [2.75, 3.05) is 7.05 Å². The van der Waals surface area contributed by atoms with Crippen LogP contribution in [0.15, 0.2) is 12.4 Å². The van der Waals surface area contributed by atoms with Crippen LogP contribution in [0.25, 0.3) is 0 Å². The van der Waals surface area contributed by atoms with Crippen molar-refractivity contribution in [1.82, 2.24) is 9.80 Å². The van der Waals surface area contributed by atoms with Crippen molar-refractivity contribution in [2.24, 2.45) is 0 Å². The van der Waals surface area contributed by atoms with Crippen LogP contribution in [0.2, 0.25) is 0 Å². The molecular weight excluding hydrogens is 136 g/mol. The highest BCUT2D eigenvalue weighted by atomic mass is 15.4. The van der Waals surface area contributed by atoms with E-state index in [1.165, 1.54) is 6.42 Å². The van der Waals surface area contributed by atoms with Crippen molar-refractivity contribution in [3.8, 4) is 0 Å². The SMILES string of the molecule is CCC(C)N1C=CN(C)C1C. The molecule has 2 nitrogen and oxygen atoms in total. The van der Waals surface area contributed by atoms with E-state index >= 15 is 0 Å². The van der Waals surface area contributed by atoms with Gasteiger partial charge in [-0.3, -0.25) is 0 Å². The second-order valence-corrected chi connectivity index (χ2v) is 3.30. The maximum atomic E-state index is 2.39. The molecule has 64 valence electrons. The highest BCUT2D eigenvalue weighted by Crippen LogP contribution is 2.17. The molecule has 0 aromatic rings. The third kappa shape index (κ3) is 1.50. The molecule has 0 amide bonds. The third-order valence-electron chi connectivity index (χ3n) is 2.59. The Bertz CT molecular complexity index is 154. The van der Waals surface area contributed by atoms with Gasteiger partial charge in [0.05, 0.1) is 6.17 Å². The minimum absolute atomic E-state index is 0.532. The molecule has 1 heterocycles. The van der Waals surface area contributed by atoms with Crippen LogP contribution in [0.5, 0.6) is 0 Å². The molecule has 1 aliphatic heterocycles. The molecule has 0 bridgehead atoms. The molecule has 2 unspecified atom stereocenters. The fourth-order valence-electron chi connectivity index (χ4n) is 1.37. The summed E-state index contributed by atoms with van der Waals surface area (Å²) in [6, 6.07) is 0.659. The summed E-state index contributed by atoms with van der Waals surface area (Å²) in [6.45, 7) is 6.72. The van der Waals surface area contributed by atoms with Gasteiger partial charge in [-0.2, -0.15) is 0 Å². The normalized spacial score (nSPS) is 26.4. The van der Waals surface area contributed by atoms with Crippen LogP contribution in [-0.2, 0) is 0 Å². The Morgan fingerprint density at radius 1 is 1.45 bits per heavy atom. The van der Waals surface area contributed by atoms with E-state index in [1.807, 2.05) is 0 Å². The van der Waals surface area contributed by atoms with Crippen LogP contribution in [0.3, 0.4) is 0 Å². The predicted octanol–water partition coefficient (Wildman–Crippen LogP) is 1.85. The molecule has 0 saturated heterocycles. The Kier molecular flexibility index (Phi) is 2.42. The zero-order valence-corrected chi connectivity index (χ0v) is 7.91. The lowest BCUT2D eigenvalue weighted by molar-refractivity contribution is 0.152. The molecule has 0 aliphatic carbocycles. The molecule has 1 aliphatic rings. The van der Waals surface area contributed by atoms with Gasteiger partial charge in [0.1, 0.15) is 0 Å². The van der Waals surface area contributed by atoms with Gasteiger partial charge in [0.15, 0.2) is 0 Å². The number of hydrogen-bond acceptors (Lipinski definition) is 2. The second kappa shape index (κ2) is 3.16. The van der Waals surface area contributed by atoms with E-state index in [1.54, 1.807) is 0 Å². The van der Waals surface area contributed by atoms with Gasteiger partial charge in [0.25, 0.3) is 0 Å². The van der Waals surface area contributed by atoms with Crippen LogP contribution in [0, 0.1) is 0 Å². The predicted molar refractivity (Wildman–Crippen MR) is 48.0 cm³/mol. The van der Waals surface area contributed by atoms with Crippen molar-refractivity contribution in [1.29, 1.82) is 0 Å². The van der Waals surface area contributed by atoms with Gasteiger partial charge in [-0.05, 0) is 20.3 Å². The average Bonchev–Trinajstić information content (AvgIpc) is 2.32. The summed E-state index contributed by atoms with van der Waals surface area (Å²) in [5, 5.41) is 0. The van der Waals surface area contributed by atoms with E-state index in [4.69, 9.17) is 0 Å². The topological polar surface area (TPSA) is 6.48 Å². The van der Waals surface area contributed by atoms with Crippen LogP contribution in [0.1, 0.15) is 27.2 Å². The number of nitrogens with zero attached hydrogens (tertiary/aromatic N) is 2. The summed E-state index contributed by atoms with van der Waals surface area (Å²) < 4.78 is 0. The third-order valence-corrected chi connectivity index (χ3v) is 2.59. The second-order valence-electron chi connectivity index (χ2n) is 3.30. The molecule has 0 fully saturated rings. The summed E-state index contributed by atoms with van der Waals surface area (Å²) in [4.78, 5) is 4.62. The molecule has 0 spiro atoms. The van der Waals surface area contributed by atoms with Crippen LogP contribution in [-0.4, -0.2) is 29.1 Å². The van der Waals surface area contributed by atoms with Gasteiger partial charge >= 0.3 is 0 Å². The van der Waals surface area contributed by atoms with Crippen molar-refractivity contribution in [3.05, 3.63) is 12.4 Å². The Hall–Kier alpha value is -0.660. The van der Waals surface area contributed by atoms with Crippen molar-refractivity contribution >= 4 is 0 Å². The molecular formula is C9H18N2. The van der Waals surface area contributed by atoms with E-state index in [0.717, 1.165) is 0 Å². The molecule has 0 aromatic heterocycles. The van der Waals surface area contributed by atoms with Crippen LogP contribution >= 0.6 is 0 Å². The largest absolute Gasteiger partial charge is 0.359 e. The Labute approximate surface area is 69.5 Å². The first-order chi connectivity index (χ1) is 5.16. The first-order valence-corrected chi connectivity index (χ1v) is 4.34. The van der Waals surface area contributed by atoms with Crippen LogP contribution in [0.4, 0.5) is 0 Å². The molecule has 0 aromatic carbocycles. The zero-order chi connectivity index (χ0) is 8.43. The number of rotatable bonds is 2. The lowest BCUT2D eigenvalue weighted by Gasteiger charge is -2.31. The van der Waals surface area contributed by atoms with Crippen molar-refractivity contribution < 1.29 is 0 Å². The van der Waals surface area contributed by atoms with Gasteiger partial charge in [-0.25, -0.2) is 0 Å². The fraction of sp³-hybridized carbons (Fsp3) is 0.778. The minimum Gasteiger partial charge on any atom is -0.359 e. The van der Waals surface area contributed by atoms with E-state index in [0.29, 0.717) is 12.2 Å². The summed E-state index contributed by atoms with van der Waals surface area (Å²) in [7, 11) is 2.11. The van der Waals surface area contributed by atoms with Crippen LogP contribution < -0.4 is 0 Å². The minimum atomic E-state index is 0.532. The zero-order valence-electron chi connectivity index (χ0n) is 7.91. The molecule has 0 saturated carbocycles. The maximum absolute atomic E-state index is 2.39. The summed E-state index contributed by atoms with van der Waals surface area (Å²) in [6.07, 6.45) is 6.06. The Balaban J connectivity index is 2.55. The van der Waals surface area contributed by atoms with Gasteiger partial charge < -0.3 is 9.80 Å². The molecule has 2 heteroatoms. The van der Waals surface area contributed by atoms with Crippen molar-refractivity contribution in [3.63, 3.8) is 0 Å². The van der Waals surface area contributed by atoms with Gasteiger partial charge in [-0.1, -0.05) is 6.92 Å². The number of hydrogen-bond donors (Lipinski definition) is 0. The highest BCUT2D eigenvalue weighted by Gasteiger charge is 2.21. The lowest BCUT2D eigenvalue weighted by Crippen LogP contribution is -2.38. The monoisotopic (exact) mass is 154 g/mol. The Morgan fingerprint density at radius 3 is 2.45 bits per heavy atom. The van der Waals surface area contributed by atoms with Gasteiger partial charge in [0, 0.05) is 25.5 Å². The molecule has 1 rings (SSSR count). The summed E-state index contributed by atoms with van der Waals surface area (Å²) in [5.41, 5.74) is 0. The first kappa shape index (κ1) is 8.44. The van der Waals surface area contributed by atoms with E-state index in [9.17, 15) is 0 Å². The quantitative estimate of drug-likeness (QED) is 0.599. The standard InChI is InChI=1S/C9H18N2/c1-5-8(2)11-7-6-10(4)9(11)3/h6-9H,5H2,1-4H3. The maximum Gasteiger partial charge on any atom is 0.0977 e. The first-order valence-electron chi connectivity index (χ1n) is 4.34. The molecule has 2 atom stereocenters. The lowest BCUT2D eigenvalue weighted by atomic mass is 10.2. The molecule has 11 heavy (non-hydrogen) atoms. The average molecular weight is 154 g/mol. The summed E-state index contributed by atoms with van der Waals surface area (Å²) in [5.74, 6) is 0. The van der Waals surface area contributed by atoms with E-state index < -0.39 is 0 Å². The highest BCUT2D eigenvalue weighted by molar-refractivity contribution is 4.95. The fourth-order valence-corrected chi connectivity index (χ4v) is 1.37. The van der Waals surface area contributed by atoms with Gasteiger partial charge in [-0.15, -0.1) is 0 Å². The molecule has 0 N–H and O–H groups in total. The smallest absolute Gasteiger partial charge is 0.0977 e. The molecule has 0 radical (unpaired) electrons. The Morgan fingerprint density at radius 2 is 2.09 bits per heavy atom. The van der Waals surface area contributed by atoms with E-state index in [-0.39, 0.29) is 0 Å². The summed E-state index contributed by atoms with van der Waals surface area (Å²) >= 11 is 0. The van der Waals surface area contributed by atoms with E-state index in [2.05, 4.69) is 50.0 Å². The van der Waals surface area contributed by atoms with Crippen molar-refractivity contribution in [2.45, 2.75) is 39.4 Å².